The van der Waals surface area contributed by atoms with Crippen LogP contribution in [0.4, 0.5) is 0 Å². The molecule has 1 N–H and O–H groups in total. The zero-order valence-corrected chi connectivity index (χ0v) is 14.0. The highest BCUT2D eigenvalue weighted by molar-refractivity contribution is 5.49. The second-order valence-corrected chi connectivity index (χ2v) is 8.12. The lowest BCUT2D eigenvalue weighted by atomic mass is 9.47. The molecule has 0 aromatic carbocycles. The van der Waals surface area contributed by atoms with Crippen molar-refractivity contribution in [2.24, 2.45) is 22.7 Å². The summed E-state index contributed by atoms with van der Waals surface area (Å²) in [5.74, 6) is 0.768. The average Bonchev–Trinajstić information content (AvgIpc) is 2.94. The van der Waals surface area contributed by atoms with Crippen molar-refractivity contribution < 1.29 is 9.52 Å². The topological polar surface area (TPSA) is 33.4 Å². The van der Waals surface area contributed by atoms with Crippen LogP contribution in [0.3, 0.4) is 0 Å². The summed E-state index contributed by atoms with van der Waals surface area (Å²) >= 11 is 0. The van der Waals surface area contributed by atoms with Crippen LogP contribution >= 0.6 is 0 Å². The van der Waals surface area contributed by atoms with E-state index in [0.29, 0.717) is 5.92 Å². The van der Waals surface area contributed by atoms with Crippen LogP contribution in [-0.4, -0.2) is 11.2 Å². The van der Waals surface area contributed by atoms with E-state index in [9.17, 15) is 5.11 Å². The lowest BCUT2D eigenvalue weighted by Crippen LogP contribution is -2.52. The number of furan rings is 1. The van der Waals surface area contributed by atoms with Gasteiger partial charge < -0.3 is 9.52 Å². The van der Waals surface area contributed by atoms with Crippen LogP contribution in [0.2, 0.25) is 0 Å². The Hall–Kier alpha value is -1.28. The first-order valence-corrected chi connectivity index (χ1v) is 8.42. The number of fused-ring (bicyclic) bond motifs is 1. The zero-order chi connectivity index (χ0) is 16.0. The highest BCUT2D eigenvalue weighted by atomic mass is 16.3. The zero-order valence-electron chi connectivity index (χ0n) is 14.0. The van der Waals surface area contributed by atoms with E-state index in [0.717, 1.165) is 17.6 Å². The van der Waals surface area contributed by atoms with Crippen LogP contribution in [-0.2, 0) is 0 Å². The summed E-state index contributed by atoms with van der Waals surface area (Å²) in [6, 6.07) is 1.96. The molecule has 2 nitrogen and oxygen atoms in total. The van der Waals surface area contributed by atoms with Crippen LogP contribution in [0.1, 0.15) is 52.0 Å². The molecule has 1 heterocycles. The lowest BCUT2D eigenvalue weighted by Gasteiger charge is -2.58. The quantitative estimate of drug-likeness (QED) is 0.774. The molecule has 22 heavy (non-hydrogen) atoms. The van der Waals surface area contributed by atoms with E-state index < -0.39 is 0 Å². The summed E-state index contributed by atoms with van der Waals surface area (Å²) in [6.07, 6.45) is 12.0. The number of aliphatic hydroxyl groups is 1. The van der Waals surface area contributed by atoms with Gasteiger partial charge in [0.15, 0.2) is 0 Å². The summed E-state index contributed by atoms with van der Waals surface area (Å²) in [4.78, 5) is 0. The van der Waals surface area contributed by atoms with E-state index in [1.165, 1.54) is 19.3 Å². The van der Waals surface area contributed by atoms with Crippen molar-refractivity contribution in [2.45, 2.75) is 52.6 Å². The van der Waals surface area contributed by atoms with Crippen LogP contribution in [0.25, 0.3) is 6.08 Å². The van der Waals surface area contributed by atoms with Gasteiger partial charge in [-0.05, 0) is 47.6 Å². The van der Waals surface area contributed by atoms with E-state index in [1.54, 1.807) is 12.5 Å². The number of rotatable bonds is 2. The van der Waals surface area contributed by atoms with Gasteiger partial charge in [-0.1, -0.05) is 45.9 Å². The van der Waals surface area contributed by atoms with E-state index >= 15 is 0 Å². The van der Waals surface area contributed by atoms with Gasteiger partial charge in [0, 0.05) is 11.5 Å². The van der Waals surface area contributed by atoms with E-state index in [1.807, 2.05) is 6.07 Å². The summed E-state index contributed by atoms with van der Waals surface area (Å²) in [7, 11) is 0. The van der Waals surface area contributed by atoms with Gasteiger partial charge in [-0.2, -0.15) is 0 Å². The van der Waals surface area contributed by atoms with E-state index in [2.05, 4.69) is 39.5 Å². The molecule has 0 aliphatic heterocycles. The number of allylic oxidation sites excluding steroid dienone is 1. The Morgan fingerprint density at radius 3 is 2.77 bits per heavy atom. The van der Waals surface area contributed by atoms with Crippen LogP contribution in [0.5, 0.6) is 0 Å². The molecule has 0 bridgehead atoms. The number of aliphatic hydroxyl groups excluding tert-OH is 1. The third-order valence-corrected chi connectivity index (χ3v) is 6.30. The van der Waals surface area contributed by atoms with Gasteiger partial charge in [0.25, 0.3) is 0 Å². The largest absolute Gasteiger partial charge is 0.472 e. The van der Waals surface area contributed by atoms with Crippen LogP contribution < -0.4 is 0 Å². The molecule has 0 saturated heterocycles. The highest BCUT2D eigenvalue weighted by Crippen LogP contribution is 2.61. The minimum atomic E-state index is -0.380. The predicted octanol–water partition coefficient (Wildman–Crippen LogP) is 5.06. The fraction of sp³-hybridized carbons (Fsp3) is 0.600. The molecule has 0 radical (unpaired) electrons. The molecule has 0 spiro atoms. The van der Waals surface area contributed by atoms with Crippen molar-refractivity contribution in [3.05, 3.63) is 42.4 Å². The Balaban J connectivity index is 1.96. The fourth-order valence-electron chi connectivity index (χ4n) is 5.05. The van der Waals surface area contributed by atoms with Gasteiger partial charge in [-0.3, -0.25) is 0 Å². The van der Waals surface area contributed by atoms with Crippen LogP contribution in [0, 0.1) is 22.7 Å². The van der Waals surface area contributed by atoms with Gasteiger partial charge >= 0.3 is 0 Å². The Labute approximate surface area is 133 Å². The predicted molar refractivity (Wildman–Crippen MR) is 90.2 cm³/mol. The monoisotopic (exact) mass is 300 g/mol. The molecule has 0 amide bonds. The van der Waals surface area contributed by atoms with Crippen LogP contribution in [0.15, 0.2) is 41.2 Å². The molecule has 2 fully saturated rings. The van der Waals surface area contributed by atoms with Gasteiger partial charge in [-0.15, -0.1) is 0 Å². The maximum atomic E-state index is 10.5. The van der Waals surface area contributed by atoms with Gasteiger partial charge in [0.05, 0.1) is 18.6 Å². The van der Waals surface area contributed by atoms with Gasteiger partial charge in [-0.25, -0.2) is 0 Å². The Bertz CT molecular complexity index is 567. The molecule has 2 heteroatoms. The number of hydrogen-bond donors (Lipinski definition) is 1. The Kier molecular flexibility index (Phi) is 3.84. The maximum Gasteiger partial charge on any atom is 0.0974 e. The first-order valence-electron chi connectivity index (χ1n) is 8.42. The second kappa shape index (κ2) is 5.42. The van der Waals surface area contributed by atoms with Crippen molar-refractivity contribution in [2.75, 3.05) is 0 Å². The SMILES string of the molecule is C=C1[C@@H](O)C[C@H]2C(C)(C)CCC[C@]2(C)[C@H]1/C=C\c1ccoc1. The second-order valence-electron chi connectivity index (χ2n) is 8.12. The lowest BCUT2D eigenvalue weighted by molar-refractivity contribution is -0.0697. The molecule has 3 rings (SSSR count). The molecule has 2 saturated carbocycles. The smallest absolute Gasteiger partial charge is 0.0974 e. The third kappa shape index (κ3) is 2.48. The summed E-state index contributed by atoms with van der Waals surface area (Å²) < 4.78 is 5.14. The normalized spacial score (nSPS) is 38.2. The molecule has 2 aliphatic rings. The highest BCUT2D eigenvalue weighted by Gasteiger charge is 2.54. The van der Waals surface area contributed by atoms with Crippen molar-refractivity contribution in [1.82, 2.24) is 0 Å². The van der Waals surface area contributed by atoms with E-state index in [4.69, 9.17) is 4.42 Å². The Morgan fingerprint density at radius 2 is 2.09 bits per heavy atom. The van der Waals surface area contributed by atoms with Crippen molar-refractivity contribution >= 4 is 6.08 Å². The molecular weight excluding hydrogens is 272 g/mol. The van der Waals surface area contributed by atoms with Crippen molar-refractivity contribution in [1.29, 1.82) is 0 Å². The average molecular weight is 300 g/mol. The van der Waals surface area contributed by atoms with Crippen molar-refractivity contribution in [3.8, 4) is 0 Å². The maximum absolute atomic E-state index is 10.5. The van der Waals surface area contributed by atoms with E-state index in [-0.39, 0.29) is 22.9 Å². The first-order chi connectivity index (χ1) is 10.3. The van der Waals surface area contributed by atoms with Gasteiger partial charge in [0.2, 0.25) is 0 Å². The summed E-state index contributed by atoms with van der Waals surface area (Å²) in [5, 5.41) is 10.5. The minimum Gasteiger partial charge on any atom is -0.472 e. The molecule has 0 unspecified atom stereocenters. The summed E-state index contributed by atoms with van der Waals surface area (Å²) in [6.45, 7) is 11.4. The fourth-order valence-corrected chi connectivity index (χ4v) is 5.05. The van der Waals surface area contributed by atoms with Crippen molar-refractivity contribution in [3.63, 3.8) is 0 Å². The standard InChI is InChI=1S/C20H28O2/c1-14-16(7-6-15-8-11-22-13-15)20(4)10-5-9-19(2,3)18(20)12-17(14)21/h6-8,11,13,16-18,21H,1,5,9-10,12H2,2-4H3/b7-6-/t16-,17-,18-,20+/m0/s1. The minimum absolute atomic E-state index is 0.193. The Morgan fingerprint density at radius 1 is 1.32 bits per heavy atom. The summed E-state index contributed by atoms with van der Waals surface area (Å²) in [5.41, 5.74) is 2.54. The molecule has 1 aromatic heterocycles. The number of hydrogen-bond acceptors (Lipinski definition) is 2. The molecule has 4 atom stereocenters. The first kappa shape index (κ1) is 15.6. The molecule has 120 valence electrons. The van der Waals surface area contributed by atoms with Gasteiger partial charge in [0.1, 0.15) is 0 Å². The third-order valence-electron chi connectivity index (χ3n) is 6.30. The molecule has 1 aromatic rings. The molecule has 2 aliphatic carbocycles. The molecular formula is C20H28O2.